The number of hydrogen-bond donors (Lipinski definition) is 2. The van der Waals surface area contributed by atoms with Crippen molar-refractivity contribution in [1.29, 1.82) is 0 Å². The Morgan fingerprint density at radius 1 is 1.32 bits per heavy atom. The lowest BCUT2D eigenvalue weighted by Gasteiger charge is -2.27. The van der Waals surface area contributed by atoms with Gasteiger partial charge in [-0.2, -0.15) is 0 Å². The second kappa shape index (κ2) is 6.96. The number of nitrogens with zero attached hydrogens (tertiary/aromatic N) is 2. The van der Waals surface area contributed by atoms with Crippen LogP contribution in [0, 0.1) is 0 Å². The van der Waals surface area contributed by atoms with E-state index in [-0.39, 0.29) is 37.5 Å². The normalized spacial score (nSPS) is 13.8. The predicted octanol–water partition coefficient (Wildman–Crippen LogP) is 0.113. The first-order chi connectivity index (χ1) is 8.95. The molecule has 2 N–H and O–H groups in total. The maximum atomic E-state index is 12.2. The van der Waals surface area contributed by atoms with Crippen LogP contribution in [0.2, 0.25) is 0 Å². The highest BCUT2D eigenvalue weighted by Crippen LogP contribution is 2.27. The molecule has 108 valence electrons. The zero-order chi connectivity index (χ0) is 14.4. The number of nitrogens with one attached hydrogen (secondary N) is 1. The monoisotopic (exact) mass is 271 g/mol. The molecule has 0 aliphatic heterocycles. The molecule has 0 radical (unpaired) electrons. The minimum absolute atomic E-state index is 0.0109. The van der Waals surface area contributed by atoms with Crippen molar-refractivity contribution in [3.05, 3.63) is 0 Å². The van der Waals surface area contributed by atoms with Gasteiger partial charge in [0.25, 0.3) is 0 Å². The van der Waals surface area contributed by atoms with Gasteiger partial charge in [0.2, 0.25) is 5.91 Å². The van der Waals surface area contributed by atoms with Gasteiger partial charge in [0.05, 0.1) is 6.42 Å². The minimum Gasteiger partial charge on any atom is -0.481 e. The summed E-state index contributed by atoms with van der Waals surface area (Å²) in [5.41, 5.74) is 0. The van der Waals surface area contributed by atoms with E-state index in [4.69, 9.17) is 5.11 Å². The summed E-state index contributed by atoms with van der Waals surface area (Å²) >= 11 is 0. The van der Waals surface area contributed by atoms with Crippen molar-refractivity contribution < 1.29 is 19.5 Å². The predicted molar refractivity (Wildman–Crippen MR) is 68.7 cm³/mol. The van der Waals surface area contributed by atoms with E-state index in [1.807, 2.05) is 6.92 Å². The highest BCUT2D eigenvalue weighted by atomic mass is 16.4. The fourth-order valence-electron chi connectivity index (χ4n) is 1.79. The highest BCUT2D eigenvalue weighted by molar-refractivity contribution is 5.84. The molecule has 7 nitrogen and oxygen atoms in total. The number of amides is 3. The molecule has 7 heteroatoms. The van der Waals surface area contributed by atoms with Gasteiger partial charge in [0, 0.05) is 26.2 Å². The smallest absolute Gasteiger partial charge is 0.320 e. The maximum absolute atomic E-state index is 12.2. The number of carboxylic acids is 1. The molecule has 0 atom stereocenters. The average Bonchev–Trinajstić information content (AvgIpc) is 3.13. The van der Waals surface area contributed by atoms with E-state index in [9.17, 15) is 14.4 Å². The van der Waals surface area contributed by atoms with Crippen LogP contribution in [0.3, 0.4) is 0 Å². The number of likely N-dealkylation sites (N-methyl/N-ethyl adjacent to an activating group) is 2. The molecule has 3 amide bonds. The molecule has 0 aromatic rings. The van der Waals surface area contributed by atoms with Crippen LogP contribution < -0.4 is 5.32 Å². The summed E-state index contributed by atoms with van der Waals surface area (Å²) in [5.74, 6) is -1.14. The fourth-order valence-corrected chi connectivity index (χ4v) is 1.79. The van der Waals surface area contributed by atoms with Crippen LogP contribution in [0.4, 0.5) is 4.79 Å². The highest BCUT2D eigenvalue weighted by Gasteiger charge is 2.34. The first-order valence-electron chi connectivity index (χ1n) is 6.46. The summed E-state index contributed by atoms with van der Waals surface area (Å²) in [6.45, 7) is 2.51. The molecule has 0 aromatic heterocycles. The molecule has 0 unspecified atom stereocenters. The molecule has 1 aliphatic carbocycles. The third kappa shape index (κ3) is 5.15. The van der Waals surface area contributed by atoms with E-state index in [1.165, 1.54) is 4.90 Å². The molecule has 1 aliphatic rings. The molecule has 19 heavy (non-hydrogen) atoms. The van der Waals surface area contributed by atoms with E-state index in [0.717, 1.165) is 12.8 Å². The molecule has 0 heterocycles. The van der Waals surface area contributed by atoms with E-state index < -0.39 is 5.97 Å². The molecule has 1 rings (SSSR count). The number of aliphatic carboxylic acids is 1. The largest absolute Gasteiger partial charge is 0.481 e. The van der Waals surface area contributed by atoms with Gasteiger partial charge in [-0.25, -0.2) is 4.79 Å². The molecule has 0 spiro atoms. The van der Waals surface area contributed by atoms with Gasteiger partial charge < -0.3 is 20.2 Å². The Labute approximate surface area is 112 Å². The van der Waals surface area contributed by atoms with Crippen LogP contribution in [0.15, 0.2) is 0 Å². The minimum atomic E-state index is -0.926. The first kappa shape index (κ1) is 15.3. The Hall–Kier alpha value is -1.79. The number of carbonyl (C=O) groups excluding carboxylic acids is 2. The number of urea groups is 1. The summed E-state index contributed by atoms with van der Waals surface area (Å²) in [6, 6.07) is -0.154. The van der Waals surface area contributed by atoms with Crippen LogP contribution in [0.25, 0.3) is 0 Å². The van der Waals surface area contributed by atoms with Crippen molar-refractivity contribution in [2.75, 3.05) is 26.7 Å². The topological polar surface area (TPSA) is 90.0 Å². The van der Waals surface area contributed by atoms with Gasteiger partial charge in [0.15, 0.2) is 0 Å². The van der Waals surface area contributed by atoms with Crippen LogP contribution in [0.5, 0.6) is 0 Å². The quantitative estimate of drug-likeness (QED) is 0.688. The van der Waals surface area contributed by atoms with E-state index in [1.54, 1.807) is 11.9 Å². The molecule has 1 fully saturated rings. The molecule has 0 aromatic carbocycles. The zero-order valence-electron chi connectivity index (χ0n) is 11.4. The lowest BCUT2D eigenvalue weighted by atomic mass is 10.3. The Bertz CT molecular complexity index is 355. The first-order valence-corrected chi connectivity index (χ1v) is 6.46. The molecule has 0 bridgehead atoms. The maximum Gasteiger partial charge on any atom is 0.320 e. The van der Waals surface area contributed by atoms with E-state index in [0.29, 0.717) is 6.54 Å². The summed E-state index contributed by atoms with van der Waals surface area (Å²) in [5, 5.41) is 11.3. The second-order valence-electron chi connectivity index (χ2n) is 4.66. The Balaban J connectivity index is 2.50. The van der Waals surface area contributed by atoms with Gasteiger partial charge in [-0.05, 0) is 19.8 Å². The van der Waals surface area contributed by atoms with Crippen LogP contribution >= 0.6 is 0 Å². The summed E-state index contributed by atoms with van der Waals surface area (Å²) < 4.78 is 0. The summed E-state index contributed by atoms with van der Waals surface area (Å²) in [4.78, 5) is 37.0. The van der Waals surface area contributed by atoms with Crippen molar-refractivity contribution in [3.8, 4) is 0 Å². The van der Waals surface area contributed by atoms with Gasteiger partial charge >= 0.3 is 12.0 Å². The molecular formula is C12H21N3O4. The third-order valence-corrected chi connectivity index (χ3v) is 2.88. The number of hydrogen-bond acceptors (Lipinski definition) is 3. The Morgan fingerprint density at radius 3 is 2.42 bits per heavy atom. The van der Waals surface area contributed by atoms with Crippen LogP contribution in [0.1, 0.15) is 26.2 Å². The standard InChI is InChI=1S/C12H21N3O4/c1-3-13-10(16)8-14(2)12(19)15(9-4-5-9)7-6-11(17)18/h9H,3-8H2,1-2H3,(H,13,16)(H,17,18). The van der Waals surface area contributed by atoms with Gasteiger partial charge in [-0.15, -0.1) is 0 Å². The van der Waals surface area contributed by atoms with Crippen LogP contribution in [-0.4, -0.2) is 65.5 Å². The van der Waals surface area contributed by atoms with Crippen molar-refractivity contribution in [2.45, 2.75) is 32.2 Å². The third-order valence-electron chi connectivity index (χ3n) is 2.88. The summed E-state index contributed by atoms with van der Waals surface area (Å²) in [6.07, 6.45) is 1.73. The fraction of sp³-hybridized carbons (Fsp3) is 0.750. The van der Waals surface area contributed by atoms with Gasteiger partial charge in [-0.1, -0.05) is 0 Å². The van der Waals surface area contributed by atoms with Gasteiger partial charge in [0.1, 0.15) is 6.54 Å². The van der Waals surface area contributed by atoms with Gasteiger partial charge in [-0.3, -0.25) is 9.59 Å². The van der Waals surface area contributed by atoms with Crippen molar-refractivity contribution in [2.24, 2.45) is 0 Å². The number of carbonyl (C=O) groups is 3. The SMILES string of the molecule is CCNC(=O)CN(C)C(=O)N(CCC(=O)O)C1CC1. The van der Waals surface area contributed by atoms with Crippen molar-refractivity contribution in [1.82, 2.24) is 15.1 Å². The zero-order valence-corrected chi connectivity index (χ0v) is 11.4. The lowest BCUT2D eigenvalue weighted by Crippen LogP contribution is -2.47. The number of carboxylic acid groups (broad SMARTS) is 1. The van der Waals surface area contributed by atoms with Crippen molar-refractivity contribution >= 4 is 17.9 Å². The lowest BCUT2D eigenvalue weighted by molar-refractivity contribution is -0.137. The molecule has 1 saturated carbocycles. The summed E-state index contributed by atoms with van der Waals surface area (Å²) in [7, 11) is 1.55. The van der Waals surface area contributed by atoms with Crippen LogP contribution in [-0.2, 0) is 9.59 Å². The van der Waals surface area contributed by atoms with E-state index in [2.05, 4.69) is 5.32 Å². The molecule has 0 saturated heterocycles. The second-order valence-corrected chi connectivity index (χ2v) is 4.66. The van der Waals surface area contributed by atoms with E-state index >= 15 is 0 Å². The number of rotatable bonds is 7. The van der Waals surface area contributed by atoms with Crippen molar-refractivity contribution in [3.63, 3.8) is 0 Å². The average molecular weight is 271 g/mol. The Morgan fingerprint density at radius 2 is 1.95 bits per heavy atom. The Kier molecular flexibility index (Phi) is 5.59. The molecular weight excluding hydrogens is 250 g/mol.